The van der Waals surface area contributed by atoms with Crippen LogP contribution < -0.4 is 5.73 Å². The molecule has 18 heavy (non-hydrogen) atoms. The molecular formula is C12H13F4NO. The molecule has 0 spiro atoms. The van der Waals surface area contributed by atoms with Crippen LogP contribution in [0.2, 0.25) is 0 Å². The zero-order valence-electron chi connectivity index (χ0n) is 9.47. The standard InChI is InChI=1S/C12H13F4NO/c13-7-1-2-9(10(3-7)12(14,15)16)11(6-17)4-8(18)5-11/h1-3,8,18H,4-6,17H2. The van der Waals surface area contributed by atoms with Crippen molar-refractivity contribution in [3.8, 4) is 0 Å². The van der Waals surface area contributed by atoms with E-state index in [4.69, 9.17) is 5.73 Å². The summed E-state index contributed by atoms with van der Waals surface area (Å²) in [4.78, 5) is 0. The topological polar surface area (TPSA) is 46.2 Å². The molecule has 100 valence electrons. The molecule has 2 rings (SSSR count). The Morgan fingerprint density at radius 1 is 1.33 bits per heavy atom. The van der Waals surface area contributed by atoms with Crippen LogP contribution in [0.1, 0.15) is 24.0 Å². The third-order valence-corrected chi connectivity index (χ3v) is 3.50. The van der Waals surface area contributed by atoms with Crippen LogP contribution in [0, 0.1) is 5.82 Å². The molecule has 0 unspecified atom stereocenters. The van der Waals surface area contributed by atoms with Crippen LogP contribution in [-0.2, 0) is 11.6 Å². The second-order valence-corrected chi connectivity index (χ2v) is 4.73. The maximum absolute atomic E-state index is 13.0. The van der Waals surface area contributed by atoms with Gasteiger partial charge in [-0.05, 0) is 30.5 Å². The number of halogens is 4. The van der Waals surface area contributed by atoms with Gasteiger partial charge < -0.3 is 10.8 Å². The van der Waals surface area contributed by atoms with Crippen LogP contribution in [0.4, 0.5) is 17.6 Å². The SMILES string of the molecule is NCC1(c2ccc(F)cc2C(F)(F)F)CC(O)C1. The average Bonchev–Trinajstić information content (AvgIpc) is 2.23. The number of aliphatic hydroxyl groups is 1. The molecule has 0 heterocycles. The van der Waals surface area contributed by atoms with Crippen LogP contribution in [0.3, 0.4) is 0 Å². The molecule has 1 aliphatic carbocycles. The fourth-order valence-corrected chi connectivity index (χ4v) is 2.55. The summed E-state index contributed by atoms with van der Waals surface area (Å²) in [5.41, 5.74) is 3.63. The highest BCUT2D eigenvalue weighted by molar-refractivity contribution is 5.39. The van der Waals surface area contributed by atoms with Gasteiger partial charge >= 0.3 is 6.18 Å². The van der Waals surface area contributed by atoms with Crippen molar-refractivity contribution < 1.29 is 22.7 Å². The third-order valence-electron chi connectivity index (χ3n) is 3.50. The maximum atomic E-state index is 13.0. The Kier molecular flexibility index (Phi) is 3.11. The summed E-state index contributed by atoms with van der Waals surface area (Å²) in [5, 5.41) is 9.31. The summed E-state index contributed by atoms with van der Waals surface area (Å²) in [6.07, 6.45) is -4.91. The first kappa shape index (κ1) is 13.3. The number of nitrogens with two attached hydrogens (primary N) is 1. The predicted octanol–water partition coefficient (Wildman–Crippen LogP) is 2.20. The normalized spacial score (nSPS) is 28.0. The van der Waals surface area contributed by atoms with E-state index in [1.54, 1.807) is 0 Å². The fourth-order valence-electron chi connectivity index (χ4n) is 2.55. The Morgan fingerprint density at radius 2 is 1.94 bits per heavy atom. The van der Waals surface area contributed by atoms with E-state index < -0.39 is 29.1 Å². The molecule has 1 fully saturated rings. The summed E-state index contributed by atoms with van der Waals surface area (Å²) >= 11 is 0. The fraction of sp³-hybridized carbons (Fsp3) is 0.500. The predicted molar refractivity (Wildman–Crippen MR) is 57.4 cm³/mol. The van der Waals surface area contributed by atoms with E-state index in [0.717, 1.165) is 12.1 Å². The highest BCUT2D eigenvalue weighted by atomic mass is 19.4. The number of hydrogen-bond donors (Lipinski definition) is 2. The minimum Gasteiger partial charge on any atom is -0.393 e. The number of hydrogen-bond acceptors (Lipinski definition) is 2. The van der Waals surface area contributed by atoms with Gasteiger partial charge in [0.2, 0.25) is 0 Å². The first-order chi connectivity index (χ1) is 8.28. The largest absolute Gasteiger partial charge is 0.416 e. The molecule has 1 saturated carbocycles. The average molecular weight is 263 g/mol. The molecule has 6 heteroatoms. The van der Waals surface area contributed by atoms with Gasteiger partial charge in [0.05, 0.1) is 11.7 Å². The molecule has 1 aliphatic rings. The van der Waals surface area contributed by atoms with Crippen molar-refractivity contribution in [2.45, 2.75) is 30.5 Å². The Labute approximate surface area is 101 Å². The summed E-state index contributed by atoms with van der Waals surface area (Å²) in [7, 11) is 0. The van der Waals surface area contributed by atoms with Crippen LogP contribution in [0.15, 0.2) is 18.2 Å². The lowest BCUT2D eigenvalue weighted by Gasteiger charge is -2.46. The van der Waals surface area contributed by atoms with Crippen molar-refractivity contribution in [3.63, 3.8) is 0 Å². The summed E-state index contributed by atoms with van der Waals surface area (Å²) < 4.78 is 51.6. The molecular weight excluding hydrogens is 250 g/mol. The summed E-state index contributed by atoms with van der Waals surface area (Å²) in [6.45, 7) is -0.00122. The van der Waals surface area contributed by atoms with Gasteiger partial charge in [0.15, 0.2) is 0 Å². The van der Waals surface area contributed by atoms with Crippen LogP contribution in [0.25, 0.3) is 0 Å². The first-order valence-corrected chi connectivity index (χ1v) is 5.54. The van der Waals surface area contributed by atoms with E-state index in [-0.39, 0.29) is 24.9 Å². The van der Waals surface area contributed by atoms with Gasteiger partial charge in [0.25, 0.3) is 0 Å². The quantitative estimate of drug-likeness (QED) is 0.803. The molecule has 0 aromatic heterocycles. The van der Waals surface area contributed by atoms with E-state index in [0.29, 0.717) is 6.07 Å². The molecule has 0 amide bonds. The Hall–Kier alpha value is -1.14. The number of aliphatic hydroxyl groups excluding tert-OH is 1. The first-order valence-electron chi connectivity index (χ1n) is 5.54. The minimum absolute atomic E-state index is 0.00122. The van der Waals surface area contributed by atoms with Gasteiger partial charge in [-0.2, -0.15) is 13.2 Å². The zero-order valence-corrected chi connectivity index (χ0v) is 9.47. The number of alkyl halides is 3. The van der Waals surface area contributed by atoms with Crippen molar-refractivity contribution >= 4 is 0 Å². The van der Waals surface area contributed by atoms with E-state index in [2.05, 4.69) is 0 Å². The van der Waals surface area contributed by atoms with E-state index >= 15 is 0 Å². The van der Waals surface area contributed by atoms with Gasteiger partial charge in [-0.3, -0.25) is 0 Å². The molecule has 0 bridgehead atoms. The monoisotopic (exact) mass is 263 g/mol. The van der Waals surface area contributed by atoms with Gasteiger partial charge in [0, 0.05) is 12.0 Å². The van der Waals surface area contributed by atoms with Crippen molar-refractivity contribution in [3.05, 3.63) is 35.1 Å². The number of rotatable bonds is 2. The van der Waals surface area contributed by atoms with E-state index in [1.807, 2.05) is 0 Å². The molecule has 0 radical (unpaired) electrons. The van der Waals surface area contributed by atoms with Crippen molar-refractivity contribution in [2.75, 3.05) is 6.54 Å². The van der Waals surface area contributed by atoms with Crippen LogP contribution >= 0.6 is 0 Å². The second-order valence-electron chi connectivity index (χ2n) is 4.73. The third kappa shape index (κ3) is 2.10. The highest BCUT2D eigenvalue weighted by Gasteiger charge is 2.48. The lowest BCUT2D eigenvalue weighted by atomic mass is 9.61. The highest BCUT2D eigenvalue weighted by Crippen LogP contribution is 2.47. The molecule has 1 aromatic rings. The zero-order chi connectivity index (χ0) is 13.6. The van der Waals surface area contributed by atoms with Gasteiger partial charge in [0.1, 0.15) is 5.82 Å². The molecule has 0 saturated heterocycles. The van der Waals surface area contributed by atoms with Crippen LogP contribution in [-0.4, -0.2) is 17.8 Å². The Balaban J connectivity index is 2.51. The van der Waals surface area contributed by atoms with Crippen molar-refractivity contribution in [1.82, 2.24) is 0 Å². The molecule has 1 aromatic carbocycles. The molecule has 2 nitrogen and oxygen atoms in total. The van der Waals surface area contributed by atoms with Gasteiger partial charge in [-0.25, -0.2) is 4.39 Å². The maximum Gasteiger partial charge on any atom is 0.416 e. The van der Waals surface area contributed by atoms with E-state index in [1.165, 1.54) is 0 Å². The van der Waals surface area contributed by atoms with E-state index in [9.17, 15) is 22.7 Å². The smallest absolute Gasteiger partial charge is 0.393 e. The molecule has 3 N–H and O–H groups in total. The van der Waals surface area contributed by atoms with Gasteiger partial charge in [-0.1, -0.05) is 6.07 Å². The lowest BCUT2D eigenvalue weighted by molar-refractivity contribution is -0.140. The summed E-state index contributed by atoms with van der Waals surface area (Å²) in [5.74, 6) is -0.932. The second kappa shape index (κ2) is 4.20. The lowest BCUT2D eigenvalue weighted by Crippen LogP contribution is -2.50. The number of benzene rings is 1. The van der Waals surface area contributed by atoms with Gasteiger partial charge in [-0.15, -0.1) is 0 Å². The molecule has 0 atom stereocenters. The minimum atomic E-state index is -4.62. The van der Waals surface area contributed by atoms with Crippen LogP contribution in [0.5, 0.6) is 0 Å². The van der Waals surface area contributed by atoms with Crippen molar-refractivity contribution in [1.29, 1.82) is 0 Å². The molecule has 0 aliphatic heterocycles. The van der Waals surface area contributed by atoms with Crippen molar-refractivity contribution in [2.24, 2.45) is 5.73 Å². The summed E-state index contributed by atoms with van der Waals surface area (Å²) in [6, 6.07) is 2.60. The Bertz CT molecular complexity index is 452. The Morgan fingerprint density at radius 3 is 2.39 bits per heavy atom.